The van der Waals surface area contributed by atoms with E-state index in [0.29, 0.717) is 45.2 Å². The van der Waals surface area contributed by atoms with E-state index < -0.39 is 160 Å². The number of rotatable bonds is 10. The molecule has 0 saturated carbocycles. The van der Waals surface area contributed by atoms with Crippen molar-refractivity contribution in [1.29, 1.82) is 0 Å². The van der Waals surface area contributed by atoms with Crippen LogP contribution in [-0.2, 0) is 37.3 Å². The molecule has 9 aromatic carbocycles. The summed E-state index contributed by atoms with van der Waals surface area (Å²) in [4.78, 5) is 4.83. The van der Waals surface area contributed by atoms with Gasteiger partial charge in [-0.2, -0.15) is 18.2 Å². The summed E-state index contributed by atoms with van der Waals surface area (Å²) in [6, 6.07) is 19.9. The summed E-state index contributed by atoms with van der Waals surface area (Å²) in [5.41, 5.74) is 3.68. The molecule has 0 unspecified atom stereocenters. The SMILES string of the molecule is [2H]c1c([2H])c([2H])c([Si](c2c([2H])c([2H])c([2H])c([2H])c2[2H])(c2c([2H])c([2H])c([2H])c([2H])c2[2H])c2c([2H])c([2H])c([2H])c(-c3cc(C(C)(C)C)cc(C(C)(C)C)c3-[n+]3[c-]n(-c4[c-]c(Oc5[c-]c6c(cc5)c5ccccc5n6-c5cc(C(C)(C)C)ccn5)ccc4)c4ccccc43)c2[2H])c([2H])c1[2H].[Pt]. The quantitative estimate of drug-likeness (QED) is 0.0592. The van der Waals surface area contributed by atoms with E-state index in [2.05, 4.69) is 55.9 Å². The number of hydrogen-bond donors (Lipinski definition) is 0. The smallest absolute Gasteiger partial charge is 0.268 e. The van der Waals surface area contributed by atoms with Gasteiger partial charge in [-0.25, -0.2) is 4.98 Å². The zero-order chi connectivity index (χ0) is 70.5. The molecular weight excluding hydrogens is 1160 g/mol. The van der Waals surface area contributed by atoms with E-state index in [1.54, 1.807) is 33.4 Å². The van der Waals surface area contributed by atoms with Gasteiger partial charge in [0.1, 0.15) is 5.82 Å². The van der Waals surface area contributed by atoms with Crippen molar-refractivity contribution in [2.45, 2.75) is 78.6 Å². The van der Waals surface area contributed by atoms with Gasteiger partial charge in [0.2, 0.25) is 0 Å². The van der Waals surface area contributed by atoms with Gasteiger partial charge in [0, 0.05) is 44.3 Å². The second-order valence-electron chi connectivity index (χ2n) is 22.3. The summed E-state index contributed by atoms with van der Waals surface area (Å²) in [5.74, 6) is 1.40. The molecule has 0 N–H and O–H groups in total. The minimum absolute atomic E-state index is 0. The Morgan fingerprint density at radius 2 is 1.15 bits per heavy atom. The zero-order valence-corrected chi connectivity index (χ0v) is 48.2. The number of pyridine rings is 1. The maximum absolute atomic E-state index is 10.9. The summed E-state index contributed by atoms with van der Waals surface area (Å²) >= 11 is 0. The Kier molecular flexibility index (Phi) is 9.15. The van der Waals surface area contributed by atoms with Crippen LogP contribution in [0.2, 0.25) is 0 Å². The topological polar surface area (TPSA) is 35.9 Å². The van der Waals surface area contributed by atoms with Crippen molar-refractivity contribution < 1.29 is 56.4 Å². The molecule has 0 radical (unpaired) electrons. The van der Waals surface area contributed by atoms with Crippen LogP contribution in [0, 0.1) is 18.5 Å². The van der Waals surface area contributed by atoms with Crippen LogP contribution in [0.1, 0.15) is 105 Å². The number of hydrogen-bond acceptors (Lipinski definition) is 2. The van der Waals surface area contributed by atoms with Gasteiger partial charge in [-0.05, 0) is 94.1 Å². The van der Waals surface area contributed by atoms with Crippen LogP contribution in [0.5, 0.6) is 11.5 Å². The molecule has 0 amide bonds. The van der Waals surface area contributed by atoms with E-state index in [4.69, 9.17) is 22.1 Å². The number of imidazole rings is 1. The summed E-state index contributed by atoms with van der Waals surface area (Å²) in [5, 5.41) is -1.74. The first kappa shape index (κ1) is 34.9. The molecule has 0 spiro atoms. The maximum Gasteiger partial charge on any atom is 0.268 e. The number of benzene rings is 9. The first-order valence-corrected chi connectivity index (χ1v) is 27.6. The van der Waals surface area contributed by atoms with E-state index in [-0.39, 0.29) is 37.7 Å². The minimum atomic E-state index is -6.21. The predicted molar refractivity (Wildman–Crippen MR) is 325 cm³/mol. The summed E-state index contributed by atoms with van der Waals surface area (Å²) in [6.07, 6.45) is 5.37. The van der Waals surface area contributed by atoms with E-state index in [1.165, 1.54) is 0 Å². The number of para-hydroxylation sites is 3. The third-order valence-electron chi connectivity index (χ3n) is 14.1. The molecule has 0 atom stereocenters. The third kappa shape index (κ3) is 9.70. The average molecular weight is 1240 g/mol. The van der Waals surface area contributed by atoms with Gasteiger partial charge in [-0.15, -0.1) is 29.7 Å². The van der Waals surface area contributed by atoms with Gasteiger partial charge < -0.3 is 13.9 Å². The van der Waals surface area contributed by atoms with Crippen LogP contribution >= 0.6 is 0 Å². The van der Waals surface area contributed by atoms with Crippen molar-refractivity contribution >= 4 is 61.7 Å². The van der Waals surface area contributed by atoms with Gasteiger partial charge in [-0.3, -0.25) is 4.57 Å². The molecule has 0 aliphatic rings. The molecule has 3 aromatic heterocycles. The molecule has 79 heavy (non-hydrogen) atoms. The summed E-state index contributed by atoms with van der Waals surface area (Å²) in [6.45, 7) is 18.1. The van der Waals surface area contributed by atoms with Crippen molar-refractivity contribution in [2.24, 2.45) is 0 Å². The third-order valence-corrected chi connectivity index (χ3v) is 18.1. The van der Waals surface area contributed by atoms with Gasteiger partial charge in [0.05, 0.1) is 42.8 Å². The number of nitrogens with zero attached hydrogens (tertiary/aromatic N) is 4. The minimum Gasteiger partial charge on any atom is -0.510 e. The maximum atomic E-state index is 10.9. The first-order valence-electron chi connectivity index (χ1n) is 35.1. The fourth-order valence-corrected chi connectivity index (χ4v) is 13.7. The summed E-state index contributed by atoms with van der Waals surface area (Å²) < 4.78 is 193. The Morgan fingerprint density at radius 1 is 0.544 bits per heavy atom. The van der Waals surface area contributed by atoms with E-state index in [1.807, 2.05) is 114 Å². The van der Waals surface area contributed by atoms with Gasteiger partial charge in [-0.1, -0.05) is 237 Å². The van der Waals surface area contributed by atoms with Crippen molar-refractivity contribution in [3.05, 3.63) is 259 Å². The molecule has 394 valence electrons. The van der Waals surface area contributed by atoms with Crippen molar-refractivity contribution in [1.82, 2.24) is 14.1 Å². The van der Waals surface area contributed by atoms with Gasteiger partial charge in [0.15, 0.2) is 8.07 Å². The number of ether oxygens (including phenoxy) is 1. The van der Waals surface area contributed by atoms with Gasteiger partial charge in [0.25, 0.3) is 6.33 Å². The molecule has 12 rings (SSSR count). The Labute approximate surface area is 507 Å². The zero-order valence-electron chi connectivity index (χ0n) is 63.9. The molecule has 0 saturated heterocycles. The second kappa shape index (κ2) is 20.7. The van der Waals surface area contributed by atoms with Gasteiger partial charge >= 0.3 is 0 Å². The molecule has 0 aliphatic heterocycles. The molecule has 7 heteroatoms. The van der Waals surface area contributed by atoms with Crippen LogP contribution in [0.4, 0.5) is 0 Å². The molecule has 0 bridgehead atoms. The van der Waals surface area contributed by atoms with Crippen LogP contribution in [-0.4, -0.2) is 22.2 Å². The Bertz CT molecular complexity index is 5110. The molecule has 0 fully saturated rings. The van der Waals surface area contributed by atoms with E-state index in [0.717, 1.165) is 27.4 Å². The van der Waals surface area contributed by atoms with Crippen LogP contribution in [0.3, 0.4) is 0 Å². The number of fused-ring (bicyclic) bond motifs is 4. The average Bonchev–Trinajstić information content (AvgIpc) is 0.872. The largest absolute Gasteiger partial charge is 0.510 e. The fourth-order valence-electron chi connectivity index (χ4n) is 10.1. The predicted octanol–water partition coefficient (Wildman–Crippen LogP) is 14.5. The first-order chi connectivity index (χ1) is 45.5. The fraction of sp³-hybridized carbons (Fsp3) is 0.167. The van der Waals surface area contributed by atoms with Crippen molar-refractivity contribution in [3.63, 3.8) is 0 Å². The van der Waals surface area contributed by atoms with Crippen molar-refractivity contribution in [3.8, 4) is 39.8 Å². The summed E-state index contributed by atoms with van der Waals surface area (Å²) in [7, 11) is -6.21. The normalized spacial score (nSPS) is 15.6. The standard InChI is InChI=1S/C72H64N4OSi.Pt/c1-70(2,3)51-41-42-73-68(46-51)76-64-36-20-19-35-60(64)61-40-39-55(48-67(61)76)77-54-27-24-26-53(47-54)74-49-75(66-38-22-21-37-65(66)74)69-62(44-52(71(4,5)6)45-63(69)72(7,8)9)50-25-23-34-59(43-50)78(56-28-13-10-14-29-56,57-30-15-11-16-31-57)58-32-17-12-18-33-58;/h10-46H,1-9H3;/q-2;/i10D,11D,12D,13D,14D,15D,16D,17D,18D,23D,25D,28D,29D,30D,31D,32D,33D,34D,43D;. The Balaban J connectivity index is 0.00000972. The molecule has 3 heterocycles. The monoisotopic (exact) mass is 1240 g/mol. The molecule has 5 nitrogen and oxygen atoms in total. The second-order valence-corrected chi connectivity index (χ2v) is 25.8. The van der Waals surface area contributed by atoms with E-state index >= 15 is 0 Å². The van der Waals surface area contributed by atoms with Crippen LogP contribution < -0.4 is 30.1 Å². The van der Waals surface area contributed by atoms with E-state index in [9.17, 15) is 13.7 Å². The van der Waals surface area contributed by atoms with Crippen LogP contribution in [0.15, 0.2) is 224 Å². The molecule has 0 aliphatic carbocycles. The van der Waals surface area contributed by atoms with Crippen LogP contribution in [0.25, 0.3) is 61.2 Å². The Morgan fingerprint density at radius 3 is 1.80 bits per heavy atom. The molecule has 12 aromatic rings. The number of aromatic nitrogens is 4. The Hall–Kier alpha value is -7.89. The molecular formula is C72H64N4OPtSi-2. The van der Waals surface area contributed by atoms with Crippen molar-refractivity contribution in [2.75, 3.05) is 0 Å².